The summed E-state index contributed by atoms with van der Waals surface area (Å²) < 4.78 is 6.89. The van der Waals surface area contributed by atoms with Crippen LogP contribution in [0.25, 0.3) is 5.65 Å². The third kappa shape index (κ3) is 3.48. The van der Waals surface area contributed by atoms with Crippen molar-refractivity contribution in [3.8, 4) is 11.6 Å². The van der Waals surface area contributed by atoms with Gasteiger partial charge in [-0.1, -0.05) is 23.2 Å². The van der Waals surface area contributed by atoms with Gasteiger partial charge in [-0.15, -0.1) is 0 Å². The number of fused-ring (bicyclic) bond motifs is 1. The number of nitrogens with one attached hydrogen (secondary N) is 2. The van der Waals surface area contributed by atoms with Crippen LogP contribution in [-0.4, -0.2) is 38.1 Å². The van der Waals surface area contributed by atoms with Gasteiger partial charge in [-0.3, -0.25) is 19.5 Å². The Morgan fingerprint density at radius 3 is 2.73 bits per heavy atom. The van der Waals surface area contributed by atoms with Gasteiger partial charge in [0.25, 0.3) is 5.91 Å². The Morgan fingerprint density at radius 2 is 2.04 bits per heavy atom. The minimum atomic E-state index is -1.24. The molecule has 3 N–H and O–H groups in total. The van der Waals surface area contributed by atoms with Gasteiger partial charge in [-0.05, 0) is 12.1 Å². The first-order valence-electron chi connectivity index (χ1n) is 7.09. The minimum absolute atomic E-state index is 0.0181. The SMILES string of the molecule is O=C(O)CNC(=O)c1c(=O)cc(Oc2ccc(Cl)c(Cl)c2)n2[nH]cnc12. The molecule has 0 fully saturated rings. The molecule has 1 amide bonds. The molecule has 1 aromatic carbocycles. The Balaban J connectivity index is 2.01. The molecule has 0 saturated carbocycles. The molecule has 26 heavy (non-hydrogen) atoms. The molecular weight excluding hydrogens is 387 g/mol. The number of carboxylic acids is 1. The van der Waals surface area contributed by atoms with E-state index in [1.807, 2.05) is 0 Å². The van der Waals surface area contributed by atoms with E-state index in [0.717, 1.165) is 6.07 Å². The van der Waals surface area contributed by atoms with Crippen LogP contribution in [0.4, 0.5) is 0 Å². The van der Waals surface area contributed by atoms with Gasteiger partial charge < -0.3 is 15.2 Å². The van der Waals surface area contributed by atoms with Crippen molar-refractivity contribution in [1.29, 1.82) is 0 Å². The number of carboxylic acid groups (broad SMARTS) is 1. The number of aromatic nitrogens is 3. The zero-order valence-corrected chi connectivity index (χ0v) is 14.3. The number of aromatic amines is 1. The lowest BCUT2D eigenvalue weighted by Crippen LogP contribution is -2.33. The van der Waals surface area contributed by atoms with Gasteiger partial charge in [0, 0.05) is 12.1 Å². The summed E-state index contributed by atoms with van der Waals surface area (Å²) in [4.78, 5) is 39.0. The van der Waals surface area contributed by atoms with Gasteiger partial charge in [0.1, 0.15) is 24.2 Å². The van der Waals surface area contributed by atoms with Crippen molar-refractivity contribution in [3.05, 3.63) is 56.4 Å². The van der Waals surface area contributed by atoms with E-state index in [1.165, 1.54) is 23.0 Å². The van der Waals surface area contributed by atoms with Crippen LogP contribution in [0.3, 0.4) is 0 Å². The fourth-order valence-electron chi connectivity index (χ4n) is 2.16. The molecular formula is C15H10Cl2N4O5. The zero-order chi connectivity index (χ0) is 18.8. The highest BCUT2D eigenvalue weighted by Gasteiger charge is 2.20. The zero-order valence-electron chi connectivity index (χ0n) is 12.8. The fourth-order valence-corrected chi connectivity index (χ4v) is 2.45. The van der Waals surface area contributed by atoms with Gasteiger partial charge in [-0.25, -0.2) is 9.50 Å². The summed E-state index contributed by atoms with van der Waals surface area (Å²) in [7, 11) is 0. The summed E-state index contributed by atoms with van der Waals surface area (Å²) in [5.41, 5.74) is -1.01. The summed E-state index contributed by atoms with van der Waals surface area (Å²) in [6, 6.07) is 5.61. The van der Waals surface area contributed by atoms with Crippen molar-refractivity contribution < 1.29 is 19.4 Å². The molecule has 0 aliphatic rings. The van der Waals surface area contributed by atoms with Crippen molar-refractivity contribution in [2.24, 2.45) is 0 Å². The maximum Gasteiger partial charge on any atom is 0.322 e. The van der Waals surface area contributed by atoms with Crippen LogP contribution in [0.1, 0.15) is 10.4 Å². The van der Waals surface area contributed by atoms with E-state index in [2.05, 4.69) is 15.4 Å². The molecule has 0 radical (unpaired) electrons. The molecule has 9 nitrogen and oxygen atoms in total. The molecule has 0 spiro atoms. The maximum absolute atomic E-state index is 12.3. The molecule has 0 bridgehead atoms. The number of hydrogen-bond donors (Lipinski definition) is 3. The topological polar surface area (TPSA) is 126 Å². The smallest absolute Gasteiger partial charge is 0.322 e. The number of nitrogens with zero attached hydrogens (tertiary/aromatic N) is 2. The summed E-state index contributed by atoms with van der Waals surface area (Å²) in [6.45, 7) is -0.629. The van der Waals surface area contributed by atoms with E-state index < -0.39 is 23.9 Å². The van der Waals surface area contributed by atoms with Crippen molar-refractivity contribution in [3.63, 3.8) is 0 Å². The standard InChI is InChI=1S/C15H10Cl2N4O5/c16-8-2-1-7(3-9(8)17)26-11-4-10(22)13(14-19-6-20-21(11)14)15(25)18-5-12(23)24/h1-4,6H,5H2,(H,18,25)(H,19,20)(H,23,24). The highest BCUT2D eigenvalue weighted by atomic mass is 35.5. The Bertz CT molecular complexity index is 1080. The molecule has 0 unspecified atom stereocenters. The Hall–Kier alpha value is -3.04. The molecule has 134 valence electrons. The molecule has 2 aromatic heterocycles. The summed E-state index contributed by atoms with van der Waals surface area (Å²) >= 11 is 11.8. The summed E-state index contributed by atoms with van der Waals surface area (Å²) in [5.74, 6) is -1.74. The van der Waals surface area contributed by atoms with Crippen LogP contribution in [0.15, 0.2) is 35.4 Å². The van der Waals surface area contributed by atoms with Crippen LogP contribution >= 0.6 is 23.2 Å². The predicted molar refractivity (Wildman–Crippen MR) is 92.3 cm³/mol. The third-order valence-electron chi connectivity index (χ3n) is 3.27. The van der Waals surface area contributed by atoms with Crippen LogP contribution < -0.4 is 15.5 Å². The highest BCUT2D eigenvalue weighted by Crippen LogP contribution is 2.29. The van der Waals surface area contributed by atoms with E-state index in [1.54, 1.807) is 6.07 Å². The van der Waals surface area contributed by atoms with Crippen LogP contribution in [0.2, 0.25) is 10.0 Å². The number of pyridine rings is 1. The second-order valence-electron chi connectivity index (χ2n) is 5.02. The van der Waals surface area contributed by atoms with Crippen molar-refractivity contribution >= 4 is 40.7 Å². The van der Waals surface area contributed by atoms with E-state index in [9.17, 15) is 14.4 Å². The van der Waals surface area contributed by atoms with Gasteiger partial charge >= 0.3 is 5.97 Å². The molecule has 0 saturated heterocycles. The highest BCUT2D eigenvalue weighted by molar-refractivity contribution is 6.42. The summed E-state index contributed by atoms with van der Waals surface area (Å²) in [5, 5.41) is 14.1. The van der Waals surface area contributed by atoms with Gasteiger partial charge in [-0.2, -0.15) is 0 Å². The van der Waals surface area contributed by atoms with E-state index in [0.29, 0.717) is 10.8 Å². The average Bonchev–Trinajstić information content (AvgIpc) is 3.05. The Morgan fingerprint density at radius 1 is 1.27 bits per heavy atom. The van der Waals surface area contributed by atoms with Gasteiger partial charge in [0.15, 0.2) is 5.65 Å². The van der Waals surface area contributed by atoms with Crippen molar-refractivity contribution in [1.82, 2.24) is 19.9 Å². The monoisotopic (exact) mass is 396 g/mol. The minimum Gasteiger partial charge on any atom is -0.480 e. The molecule has 3 aromatic rings. The second kappa shape index (κ2) is 7.06. The number of carbonyl (C=O) groups is 2. The molecule has 2 heterocycles. The lowest BCUT2D eigenvalue weighted by atomic mass is 10.2. The number of rotatable bonds is 5. The molecule has 11 heteroatoms. The first-order chi connectivity index (χ1) is 12.4. The maximum atomic E-state index is 12.3. The number of H-pyrrole nitrogens is 1. The Labute approximate surface area is 155 Å². The molecule has 3 rings (SSSR count). The first kappa shape index (κ1) is 17.8. The van der Waals surface area contributed by atoms with E-state index in [4.69, 9.17) is 33.0 Å². The average molecular weight is 397 g/mol. The van der Waals surface area contributed by atoms with Crippen LogP contribution in [-0.2, 0) is 4.79 Å². The molecule has 0 aliphatic heterocycles. The number of ether oxygens (including phenoxy) is 1. The number of carbonyl (C=O) groups excluding carboxylic acids is 1. The largest absolute Gasteiger partial charge is 0.480 e. The second-order valence-corrected chi connectivity index (χ2v) is 5.84. The molecule has 0 aliphatic carbocycles. The van der Waals surface area contributed by atoms with Gasteiger partial charge in [0.05, 0.1) is 10.0 Å². The third-order valence-corrected chi connectivity index (χ3v) is 4.01. The van der Waals surface area contributed by atoms with Crippen LogP contribution in [0, 0.1) is 0 Å². The van der Waals surface area contributed by atoms with Gasteiger partial charge in [0.2, 0.25) is 11.3 Å². The van der Waals surface area contributed by atoms with E-state index in [-0.39, 0.29) is 22.1 Å². The number of halogens is 2. The lowest BCUT2D eigenvalue weighted by molar-refractivity contribution is -0.135. The van der Waals surface area contributed by atoms with Crippen LogP contribution in [0.5, 0.6) is 11.6 Å². The summed E-state index contributed by atoms with van der Waals surface area (Å²) in [6.07, 6.45) is 1.25. The van der Waals surface area contributed by atoms with Crippen molar-refractivity contribution in [2.45, 2.75) is 0 Å². The quantitative estimate of drug-likeness (QED) is 0.604. The predicted octanol–water partition coefficient (Wildman–Crippen LogP) is 1.94. The first-order valence-corrected chi connectivity index (χ1v) is 7.84. The fraction of sp³-hybridized carbons (Fsp3) is 0.0667. The number of amides is 1. The number of hydrogen-bond acceptors (Lipinski definition) is 5. The number of benzene rings is 1. The molecule has 0 atom stereocenters. The number of aliphatic carboxylic acids is 1. The van der Waals surface area contributed by atoms with Crippen molar-refractivity contribution in [2.75, 3.05) is 6.54 Å². The van der Waals surface area contributed by atoms with E-state index >= 15 is 0 Å². The normalized spacial score (nSPS) is 10.7. The lowest BCUT2D eigenvalue weighted by Gasteiger charge is -2.10. The Kier molecular flexibility index (Phi) is 4.83.